The highest BCUT2D eigenvalue weighted by molar-refractivity contribution is 6.00. The Kier molecular flexibility index (Phi) is 3.28. The van der Waals surface area contributed by atoms with Gasteiger partial charge in [-0.05, 0) is 5.56 Å². The van der Waals surface area contributed by atoms with Gasteiger partial charge in [0.1, 0.15) is 0 Å². The Balaban J connectivity index is 2.62. The van der Waals surface area contributed by atoms with Crippen molar-refractivity contribution in [2.75, 3.05) is 14.1 Å². The number of rotatable bonds is 2. The standard InChI is InChI=1S/C14H14N2O2/c1-16(2)14(18)12-9-15-13(17)8-11(12)10-6-4-3-5-7-10/h3-9H,1-2H3,(H,15,17). The zero-order valence-electron chi connectivity index (χ0n) is 10.3. The summed E-state index contributed by atoms with van der Waals surface area (Å²) in [6.07, 6.45) is 1.47. The number of carbonyl (C=O) groups excluding carboxylic acids is 1. The molecule has 18 heavy (non-hydrogen) atoms. The SMILES string of the molecule is CN(C)C(=O)c1c[nH]c(=O)cc1-c1ccccc1. The third-order valence-electron chi connectivity index (χ3n) is 2.65. The molecule has 0 radical (unpaired) electrons. The molecule has 1 heterocycles. The quantitative estimate of drug-likeness (QED) is 0.872. The minimum atomic E-state index is -0.218. The lowest BCUT2D eigenvalue weighted by atomic mass is 10.0. The second kappa shape index (κ2) is 4.87. The minimum Gasteiger partial charge on any atom is -0.345 e. The van der Waals surface area contributed by atoms with Crippen LogP contribution in [-0.2, 0) is 0 Å². The maximum atomic E-state index is 12.1. The fourth-order valence-electron chi connectivity index (χ4n) is 1.75. The molecule has 4 nitrogen and oxygen atoms in total. The number of benzene rings is 1. The van der Waals surface area contributed by atoms with Crippen molar-refractivity contribution in [2.24, 2.45) is 0 Å². The van der Waals surface area contributed by atoms with E-state index in [0.717, 1.165) is 5.56 Å². The Morgan fingerprint density at radius 2 is 1.83 bits per heavy atom. The summed E-state index contributed by atoms with van der Waals surface area (Å²) in [5.74, 6) is -0.134. The maximum absolute atomic E-state index is 12.1. The van der Waals surface area contributed by atoms with Crippen LogP contribution in [0.25, 0.3) is 11.1 Å². The van der Waals surface area contributed by atoms with Gasteiger partial charge in [-0.15, -0.1) is 0 Å². The van der Waals surface area contributed by atoms with Crippen molar-refractivity contribution in [2.45, 2.75) is 0 Å². The Bertz CT molecular complexity index is 615. The van der Waals surface area contributed by atoms with Crippen LogP contribution in [0.4, 0.5) is 0 Å². The number of aromatic amines is 1. The number of pyridine rings is 1. The van der Waals surface area contributed by atoms with E-state index in [-0.39, 0.29) is 11.5 Å². The summed E-state index contributed by atoms with van der Waals surface area (Å²) in [5, 5.41) is 0. The third-order valence-corrected chi connectivity index (χ3v) is 2.65. The van der Waals surface area contributed by atoms with Crippen LogP contribution in [0.1, 0.15) is 10.4 Å². The van der Waals surface area contributed by atoms with Crippen LogP contribution in [0.5, 0.6) is 0 Å². The first kappa shape index (κ1) is 12.1. The molecule has 0 aliphatic heterocycles. The first-order chi connectivity index (χ1) is 8.59. The van der Waals surface area contributed by atoms with Crippen molar-refractivity contribution in [3.8, 4) is 11.1 Å². The van der Waals surface area contributed by atoms with Crippen molar-refractivity contribution in [1.29, 1.82) is 0 Å². The first-order valence-electron chi connectivity index (χ1n) is 5.59. The van der Waals surface area contributed by atoms with Gasteiger partial charge in [-0.2, -0.15) is 0 Å². The van der Waals surface area contributed by atoms with Crippen molar-refractivity contribution < 1.29 is 4.79 Å². The number of hydrogen-bond donors (Lipinski definition) is 1. The number of carbonyl (C=O) groups is 1. The number of amides is 1. The number of aromatic nitrogens is 1. The van der Waals surface area contributed by atoms with Gasteiger partial charge in [0, 0.05) is 31.9 Å². The molecule has 2 aromatic rings. The van der Waals surface area contributed by atoms with Gasteiger partial charge in [-0.1, -0.05) is 30.3 Å². The lowest BCUT2D eigenvalue weighted by Crippen LogP contribution is -2.23. The van der Waals surface area contributed by atoms with Gasteiger partial charge in [-0.3, -0.25) is 9.59 Å². The molecule has 0 spiro atoms. The van der Waals surface area contributed by atoms with Crippen LogP contribution in [0.15, 0.2) is 47.4 Å². The normalized spacial score (nSPS) is 10.1. The van der Waals surface area contributed by atoms with Crippen LogP contribution in [0, 0.1) is 0 Å². The molecule has 4 heteroatoms. The van der Waals surface area contributed by atoms with Gasteiger partial charge in [-0.25, -0.2) is 0 Å². The highest BCUT2D eigenvalue weighted by Crippen LogP contribution is 2.22. The molecule has 0 saturated carbocycles. The second-order valence-corrected chi connectivity index (χ2v) is 4.19. The first-order valence-corrected chi connectivity index (χ1v) is 5.59. The molecule has 92 valence electrons. The van der Waals surface area contributed by atoms with Gasteiger partial charge < -0.3 is 9.88 Å². The van der Waals surface area contributed by atoms with Crippen LogP contribution in [-0.4, -0.2) is 29.9 Å². The molecule has 0 bridgehead atoms. The molecule has 0 aliphatic carbocycles. The Hall–Kier alpha value is -2.36. The summed E-state index contributed by atoms with van der Waals surface area (Å²) in [4.78, 5) is 27.5. The third kappa shape index (κ3) is 2.32. The molecule has 1 N–H and O–H groups in total. The molecule has 0 unspecified atom stereocenters. The maximum Gasteiger partial charge on any atom is 0.255 e. The van der Waals surface area contributed by atoms with Crippen LogP contribution in [0.2, 0.25) is 0 Å². The van der Waals surface area contributed by atoms with Gasteiger partial charge in [0.25, 0.3) is 5.91 Å². The molecule has 1 aromatic carbocycles. The fraction of sp³-hybridized carbons (Fsp3) is 0.143. The van der Waals surface area contributed by atoms with E-state index >= 15 is 0 Å². The van der Waals surface area contributed by atoms with Crippen molar-refractivity contribution in [1.82, 2.24) is 9.88 Å². The molecule has 1 aromatic heterocycles. The van der Waals surface area contributed by atoms with Crippen molar-refractivity contribution >= 4 is 5.91 Å². The lowest BCUT2D eigenvalue weighted by Gasteiger charge is -2.13. The van der Waals surface area contributed by atoms with E-state index in [0.29, 0.717) is 11.1 Å². The predicted molar refractivity (Wildman–Crippen MR) is 70.5 cm³/mol. The van der Waals surface area contributed by atoms with E-state index in [9.17, 15) is 9.59 Å². The van der Waals surface area contributed by atoms with Gasteiger partial charge in [0.15, 0.2) is 0 Å². The van der Waals surface area contributed by atoms with Crippen LogP contribution < -0.4 is 5.56 Å². The summed E-state index contributed by atoms with van der Waals surface area (Å²) >= 11 is 0. The monoisotopic (exact) mass is 242 g/mol. The number of H-pyrrole nitrogens is 1. The summed E-state index contributed by atoms with van der Waals surface area (Å²) in [6.45, 7) is 0. The van der Waals surface area contributed by atoms with E-state index < -0.39 is 0 Å². The van der Waals surface area contributed by atoms with E-state index in [1.807, 2.05) is 30.3 Å². The van der Waals surface area contributed by atoms with E-state index in [2.05, 4.69) is 4.98 Å². The zero-order valence-corrected chi connectivity index (χ0v) is 10.3. The van der Waals surface area contributed by atoms with E-state index in [1.165, 1.54) is 17.2 Å². The summed E-state index contributed by atoms with van der Waals surface area (Å²) in [7, 11) is 3.37. The highest BCUT2D eigenvalue weighted by atomic mass is 16.2. The van der Waals surface area contributed by atoms with Crippen LogP contribution in [0.3, 0.4) is 0 Å². The largest absolute Gasteiger partial charge is 0.345 e. The second-order valence-electron chi connectivity index (χ2n) is 4.19. The van der Waals surface area contributed by atoms with Crippen molar-refractivity contribution in [3.05, 3.63) is 58.5 Å². The summed E-state index contributed by atoms with van der Waals surface area (Å²) in [5.41, 5.74) is 1.78. The molecule has 0 fully saturated rings. The Labute approximate surface area is 105 Å². The molecule has 0 saturated heterocycles. The van der Waals surface area contributed by atoms with Crippen molar-refractivity contribution in [3.63, 3.8) is 0 Å². The molecule has 1 amide bonds. The Morgan fingerprint density at radius 1 is 1.17 bits per heavy atom. The molecule has 2 rings (SSSR count). The number of nitrogens with zero attached hydrogens (tertiary/aromatic N) is 1. The molecular formula is C14H14N2O2. The minimum absolute atomic E-state index is 0.134. The molecular weight excluding hydrogens is 228 g/mol. The average molecular weight is 242 g/mol. The zero-order chi connectivity index (χ0) is 13.1. The molecule has 0 aliphatic rings. The topological polar surface area (TPSA) is 53.2 Å². The average Bonchev–Trinajstić information content (AvgIpc) is 2.39. The molecule has 0 atom stereocenters. The van der Waals surface area contributed by atoms with E-state index in [1.54, 1.807) is 14.1 Å². The van der Waals surface area contributed by atoms with Gasteiger partial charge in [0.05, 0.1) is 5.56 Å². The predicted octanol–water partition coefficient (Wildman–Crippen LogP) is 1.74. The summed E-state index contributed by atoms with van der Waals surface area (Å²) < 4.78 is 0. The van der Waals surface area contributed by atoms with Gasteiger partial charge in [0.2, 0.25) is 5.56 Å². The summed E-state index contributed by atoms with van der Waals surface area (Å²) in [6, 6.07) is 10.8. The lowest BCUT2D eigenvalue weighted by molar-refractivity contribution is 0.0828. The van der Waals surface area contributed by atoms with E-state index in [4.69, 9.17) is 0 Å². The fourth-order valence-corrected chi connectivity index (χ4v) is 1.75. The van der Waals surface area contributed by atoms with Crippen LogP contribution >= 0.6 is 0 Å². The smallest absolute Gasteiger partial charge is 0.255 e. The van der Waals surface area contributed by atoms with Gasteiger partial charge >= 0.3 is 0 Å². The highest BCUT2D eigenvalue weighted by Gasteiger charge is 2.14. The number of hydrogen-bond acceptors (Lipinski definition) is 2. The Morgan fingerprint density at radius 3 is 2.44 bits per heavy atom. The number of nitrogens with one attached hydrogen (secondary N) is 1.